The maximum absolute atomic E-state index is 12.9. The van der Waals surface area contributed by atoms with Crippen LogP contribution in [0.25, 0.3) is 5.65 Å². The van der Waals surface area contributed by atoms with Gasteiger partial charge in [0.1, 0.15) is 5.82 Å². The van der Waals surface area contributed by atoms with Crippen LogP contribution in [-0.2, 0) is 6.18 Å². The van der Waals surface area contributed by atoms with E-state index < -0.39 is 17.6 Å². The number of nitrogens with one attached hydrogen (secondary N) is 2. The monoisotopic (exact) mass is 467 g/mol. The second-order valence-corrected chi connectivity index (χ2v) is 8.11. The van der Waals surface area contributed by atoms with Crippen molar-refractivity contribution in [3.63, 3.8) is 0 Å². The normalized spacial score (nSPS) is 14.2. The Morgan fingerprint density at radius 3 is 2.71 bits per heavy atom. The molecule has 0 spiro atoms. The van der Waals surface area contributed by atoms with Gasteiger partial charge >= 0.3 is 6.18 Å². The summed E-state index contributed by atoms with van der Waals surface area (Å²) >= 11 is 0. The van der Waals surface area contributed by atoms with E-state index in [-0.39, 0.29) is 11.7 Å². The van der Waals surface area contributed by atoms with Gasteiger partial charge in [-0.2, -0.15) is 13.2 Å². The summed E-state index contributed by atoms with van der Waals surface area (Å²) in [5, 5.41) is 5.94. The standard InChI is InChI=1S/C23H20F3N7O/c1-14-2-3-15(22(34)31-17-7-16(8-28-9-17)23(24,25)26)6-19(14)30-18-12-32(13-18)21-11-29-20-10-27-4-5-33(20)21/h2-11,18,30H,12-13H2,1H3,(H,31,34). The second kappa shape index (κ2) is 8.32. The first kappa shape index (κ1) is 21.7. The topological polar surface area (TPSA) is 87.5 Å². The molecule has 1 fully saturated rings. The Morgan fingerprint density at radius 1 is 1.09 bits per heavy atom. The lowest BCUT2D eigenvalue weighted by Crippen LogP contribution is -2.55. The van der Waals surface area contributed by atoms with E-state index in [1.807, 2.05) is 23.7 Å². The Hall–Kier alpha value is -4.15. The Morgan fingerprint density at radius 2 is 1.91 bits per heavy atom. The molecule has 1 aliphatic rings. The summed E-state index contributed by atoms with van der Waals surface area (Å²) in [6.45, 7) is 3.43. The fourth-order valence-electron chi connectivity index (χ4n) is 3.82. The number of anilines is 3. The van der Waals surface area contributed by atoms with Gasteiger partial charge in [0.15, 0.2) is 5.65 Å². The minimum absolute atomic E-state index is 0.0206. The highest BCUT2D eigenvalue weighted by Crippen LogP contribution is 2.30. The molecule has 1 aromatic carbocycles. The highest BCUT2D eigenvalue weighted by Gasteiger charge is 2.31. The van der Waals surface area contributed by atoms with Crippen molar-refractivity contribution < 1.29 is 18.0 Å². The lowest BCUT2D eigenvalue weighted by Gasteiger charge is -2.41. The first-order valence-electron chi connectivity index (χ1n) is 10.5. The van der Waals surface area contributed by atoms with E-state index in [2.05, 4.69) is 30.5 Å². The molecule has 1 amide bonds. The summed E-state index contributed by atoms with van der Waals surface area (Å²) in [6.07, 6.45) is 4.45. The van der Waals surface area contributed by atoms with Crippen LogP contribution in [0.2, 0.25) is 0 Å². The largest absolute Gasteiger partial charge is 0.417 e. The summed E-state index contributed by atoms with van der Waals surface area (Å²) < 4.78 is 40.7. The number of pyridine rings is 1. The maximum atomic E-state index is 12.9. The number of hydrogen-bond acceptors (Lipinski definition) is 6. The number of alkyl halides is 3. The quantitative estimate of drug-likeness (QED) is 0.461. The average molecular weight is 467 g/mol. The first-order chi connectivity index (χ1) is 16.3. The van der Waals surface area contributed by atoms with Gasteiger partial charge in [0.05, 0.1) is 35.9 Å². The average Bonchev–Trinajstić information content (AvgIpc) is 3.20. The van der Waals surface area contributed by atoms with Crippen LogP contribution in [0.4, 0.5) is 30.4 Å². The van der Waals surface area contributed by atoms with Crippen LogP contribution in [0.5, 0.6) is 0 Å². The highest BCUT2D eigenvalue weighted by molar-refractivity contribution is 6.04. The maximum Gasteiger partial charge on any atom is 0.417 e. The highest BCUT2D eigenvalue weighted by atomic mass is 19.4. The third kappa shape index (κ3) is 4.24. The van der Waals surface area contributed by atoms with Crippen molar-refractivity contribution >= 4 is 28.7 Å². The molecule has 0 radical (unpaired) electrons. The summed E-state index contributed by atoms with van der Waals surface area (Å²) in [5.74, 6) is 0.466. The van der Waals surface area contributed by atoms with Crippen LogP contribution in [0.3, 0.4) is 0 Å². The SMILES string of the molecule is Cc1ccc(C(=O)Nc2cncc(C(F)(F)F)c2)cc1NC1CN(c2cnc3cnccn23)C1. The van der Waals surface area contributed by atoms with Crippen molar-refractivity contribution in [2.24, 2.45) is 0 Å². The molecular formula is C23H20F3N7O. The van der Waals surface area contributed by atoms with Crippen molar-refractivity contribution in [3.8, 4) is 0 Å². The third-order valence-corrected chi connectivity index (χ3v) is 5.69. The third-order valence-electron chi connectivity index (χ3n) is 5.69. The number of fused-ring (bicyclic) bond motifs is 1. The number of carbonyl (C=O) groups excluding carboxylic acids is 1. The number of nitrogens with zero attached hydrogens (tertiary/aromatic N) is 5. The van der Waals surface area contributed by atoms with E-state index in [0.29, 0.717) is 5.56 Å². The molecule has 0 saturated carbocycles. The first-order valence-corrected chi connectivity index (χ1v) is 10.5. The minimum atomic E-state index is -4.54. The number of rotatable bonds is 5. The molecule has 11 heteroatoms. The Bertz CT molecular complexity index is 1360. The van der Waals surface area contributed by atoms with Gasteiger partial charge in [-0.1, -0.05) is 6.07 Å². The van der Waals surface area contributed by atoms with Crippen molar-refractivity contribution in [3.05, 3.63) is 78.1 Å². The van der Waals surface area contributed by atoms with Crippen molar-refractivity contribution in [2.75, 3.05) is 28.6 Å². The Labute approximate surface area is 192 Å². The summed E-state index contributed by atoms with van der Waals surface area (Å²) in [7, 11) is 0. The van der Waals surface area contributed by atoms with Crippen molar-refractivity contribution in [1.82, 2.24) is 19.4 Å². The van der Waals surface area contributed by atoms with E-state index in [4.69, 9.17) is 0 Å². The molecule has 1 saturated heterocycles. The predicted octanol–water partition coefficient (Wildman–Crippen LogP) is 4.00. The van der Waals surface area contributed by atoms with E-state index in [9.17, 15) is 18.0 Å². The number of benzene rings is 1. The fraction of sp³-hybridized carbons (Fsp3) is 0.217. The molecule has 5 rings (SSSR count). The minimum Gasteiger partial charge on any atom is -0.379 e. The molecule has 174 valence electrons. The van der Waals surface area contributed by atoms with Gasteiger partial charge < -0.3 is 15.5 Å². The van der Waals surface area contributed by atoms with Gasteiger partial charge in [0.25, 0.3) is 5.91 Å². The van der Waals surface area contributed by atoms with Gasteiger partial charge in [-0.25, -0.2) is 4.98 Å². The molecule has 2 N–H and O–H groups in total. The smallest absolute Gasteiger partial charge is 0.379 e. The molecule has 0 unspecified atom stereocenters. The zero-order chi connectivity index (χ0) is 23.9. The molecular weight excluding hydrogens is 447 g/mol. The van der Waals surface area contributed by atoms with E-state index in [1.54, 1.807) is 30.6 Å². The predicted molar refractivity (Wildman–Crippen MR) is 121 cm³/mol. The molecule has 0 aliphatic carbocycles. The van der Waals surface area contributed by atoms with E-state index >= 15 is 0 Å². The Balaban J connectivity index is 1.25. The summed E-state index contributed by atoms with van der Waals surface area (Å²) in [6, 6.07) is 6.16. The van der Waals surface area contributed by atoms with Crippen LogP contribution in [0.15, 0.2) is 61.4 Å². The lowest BCUT2D eigenvalue weighted by molar-refractivity contribution is -0.137. The number of imidazole rings is 1. The van der Waals surface area contributed by atoms with Gasteiger partial charge in [-0.3, -0.25) is 19.2 Å². The van der Waals surface area contributed by atoms with E-state index in [0.717, 1.165) is 48.1 Å². The zero-order valence-corrected chi connectivity index (χ0v) is 18.0. The van der Waals surface area contributed by atoms with Crippen LogP contribution in [0, 0.1) is 6.92 Å². The van der Waals surface area contributed by atoms with Gasteiger partial charge in [-0.15, -0.1) is 0 Å². The number of aryl methyl sites for hydroxylation is 1. The lowest BCUT2D eigenvalue weighted by atomic mass is 10.1. The van der Waals surface area contributed by atoms with Gasteiger partial charge in [0.2, 0.25) is 0 Å². The number of carbonyl (C=O) groups is 1. The molecule has 0 bridgehead atoms. The van der Waals surface area contributed by atoms with Crippen molar-refractivity contribution in [2.45, 2.75) is 19.1 Å². The summed E-state index contributed by atoms with van der Waals surface area (Å²) in [5.41, 5.74) is 1.91. The number of aromatic nitrogens is 4. The van der Waals surface area contributed by atoms with Crippen LogP contribution in [0.1, 0.15) is 21.5 Å². The molecule has 4 aromatic rings. The molecule has 34 heavy (non-hydrogen) atoms. The molecule has 4 heterocycles. The van der Waals surface area contributed by atoms with Gasteiger partial charge in [0, 0.05) is 42.9 Å². The number of halogens is 3. The van der Waals surface area contributed by atoms with Gasteiger partial charge in [-0.05, 0) is 30.7 Å². The molecule has 0 atom stereocenters. The summed E-state index contributed by atoms with van der Waals surface area (Å²) in [4.78, 5) is 26.9. The van der Waals surface area contributed by atoms with Crippen LogP contribution >= 0.6 is 0 Å². The van der Waals surface area contributed by atoms with Crippen LogP contribution < -0.4 is 15.5 Å². The number of hydrogen-bond donors (Lipinski definition) is 2. The fourth-order valence-corrected chi connectivity index (χ4v) is 3.82. The van der Waals surface area contributed by atoms with E-state index in [1.165, 1.54) is 6.20 Å². The zero-order valence-electron chi connectivity index (χ0n) is 18.0. The molecule has 3 aromatic heterocycles. The number of amides is 1. The Kier molecular flexibility index (Phi) is 5.31. The molecule has 1 aliphatic heterocycles. The van der Waals surface area contributed by atoms with Crippen molar-refractivity contribution in [1.29, 1.82) is 0 Å². The second-order valence-electron chi connectivity index (χ2n) is 8.11. The molecule has 8 nitrogen and oxygen atoms in total. The van der Waals surface area contributed by atoms with Crippen LogP contribution in [-0.4, -0.2) is 44.4 Å².